The Morgan fingerprint density at radius 3 is 2.52 bits per heavy atom. The van der Waals surface area contributed by atoms with Crippen LogP contribution in [0.15, 0.2) is 11.6 Å². The number of fused-ring (bicyclic) bond motifs is 5. The average Bonchev–Trinajstić information content (AvgIpc) is 3.25. The second-order valence-electron chi connectivity index (χ2n) is 15.0. The fourth-order valence-electron chi connectivity index (χ4n) is 9.60. The molecule has 6 nitrogen and oxygen atoms in total. The van der Waals surface area contributed by atoms with E-state index in [4.69, 9.17) is 16.2 Å². The lowest BCUT2D eigenvalue weighted by atomic mass is 9.47. The Morgan fingerprint density at radius 1 is 1.07 bits per heavy atom. The van der Waals surface area contributed by atoms with E-state index < -0.39 is 11.6 Å². The Labute approximate surface area is 244 Å². The summed E-state index contributed by atoms with van der Waals surface area (Å²) in [5.41, 5.74) is 12.4. The quantitative estimate of drug-likeness (QED) is 0.153. The second-order valence-corrected chi connectivity index (χ2v) is 15.0. The number of rotatable bonds is 11. The van der Waals surface area contributed by atoms with Crippen molar-refractivity contribution in [1.82, 2.24) is 5.32 Å². The third-order valence-corrected chi connectivity index (χ3v) is 12.2. The van der Waals surface area contributed by atoms with Gasteiger partial charge in [-0.15, -0.1) is 0 Å². The van der Waals surface area contributed by atoms with Gasteiger partial charge >= 0.3 is 5.97 Å². The van der Waals surface area contributed by atoms with Crippen LogP contribution < -0.4 is 16.8 Å². The standard InChI is InChI=1S/C34H59N3O3/c1-7-34(35,36)31(39)37-20-17-30(38)40-25-15-18-32(5)24(21-25)11-12-26-28-14-13-27(23(4)10-8-9-22(2)3)33(28,6)19-16-29(26)32/h11,22-23,25-29H,7-10,12-21,35-36H2,1-6H3,(H,37,39)/t23-,25?,26?,27-,28?,29?,32+,33-/m1/s1. The molecule has 3 fully saturated rings. The number of esters is 1. The number of hydrogen-bond acceptors (Lipinski definition) is 5. The third-order valence-electron chi connectivity index (χ3n) is 12.2. The van der Waals surface area contributed by atoms with E-state index in [1.165, 1.54) is 56.9 Å². The smallest absolute Gasteiger partial charge is 0.307 e. The van der Waals surface area contributed by atoms with Crippen LogP contribution in [0.2, 0.25) is 0 Å². The molecule has 228 valence electrons. The van der Waals surface area contributed by atoms with Crippen LogP contribution in [-0.2, 0) is 14.3 Å². The van der Waals surface area contributed by atoms with E-state index in [0.717, 1.165) is 54.8 Å². The minimum atomic E-state index is -1.40. The maximum Gasteiger partial charge on any atom is 0.307 e. The van der Waals surface area contributed by atoms with Crippen molar-refractivity contribution in [1.29, 1.82) is 0 Å². The minimum Gasteiger partial charge on any atom is -0.462 e. The molecule has 0 aromatic heterocycles. The fourth-order valence-corrected chi connectivity index (χ4v) is 9.60. The molecule has 0 aliphatic heterocycles. The molecule has 4 aliphatic rings. The molecule has 0 bridgehead atoms. The monoisotopic (exact) mass is 557 g/mol. The Morgan fingerprint density at radius 2 is 1.82 bits per heavy atom. The highest BCUT2D eigenvalue weighted by molar-refractivity contribution is 5.85. The molecule has 1 amide bonds. The van der Waals surface area contributed by atoms with Gasteiger partial charge in [0.25, 0.3) is 5.91 Å². The number of nitrogens with two attached hydrogens (primary N) is 2. The largest absolute Gasteiger partial charge is 0.462 e. The topological polar surface area (TPSA) is 107 Å². The van der Waals surface area contributed by atoms with Crippen molar-refractivity contribution in [2.75, 3.05) is 6.54 Å². The summed E-state index contributed by atoms with van der Waals surface area (Å²) < 4.78 is 5.89. The maximum absolute atomic E-state index is 12.6. The van der Waals surface area contributed by atoms with Crippen LogP contribution in [0.3, 0.4) is 0 Å². The summed E-state index contributed by atoms with van der Waals surface area (Å²) in [7, 11) is 0. The molecule has 6 heteroatoms. The number of ether oxygens (including phenoxy) is 1. The zero-order valence-corrected chi connectivity index (χ0v) is 26.4. The predicted octanol–water partition coefficient (Wildman–Crippen LogP) is 6.47. The first kappa shape index (κ1) is 31.5. The number of carbonyl (C=O) groups is 2. The molecule has 0 aromatic rings. The van der Waals surface area contributed by atoms with Crippen LogP contribution in [-0.4, -0.2) is 30.2 Å². The number of nitrogens with one attached hydrogen (secondary N) is 1. The molecule has 4 aliphatic carbocycles. The van der Waals surface area contributed by atoms with Gasteiger partial charge in [0, 0.05) is 13.0 Å². The maximum atomic E-state index is 12.6. The minimum absolute atomic E-state index is 0.0609. The molecule has 8 atom stereocenters. The number of carbonyl (C=O) groups excluding carboxylic acids is 2. The summed E-state index contributed by atoms with van der Waals surface area (Å²) >= 11 is 0. The van der Waals surface area contributed by atoms with Gasteiger partial charge < -0.3 is 21.5 Å². The molecule has 40 heavy (non-hydrogen) atoms. The highest BCUT2D eigenvalue weighted by Crippen LogP contribution is 2.67. The Kier molecular flexibility index (Phi) is 9.82. The molecule has 0 spiro atoms. The first-order chi connectivity index (χ1) is 18.8. The summed E-state index contributed by atoms with van der Waals surface area (Å²) in [6.45, 7) is 14.4. The van der Waals surface area contributed by atoms with Crippen LogP contribution in [0.1, 0.15) is 125 Å². The van der Waals surface area contributed by atoms with Crippen molar-refractivity contribution in [2.45, 2.75) is 137 Å². The van der Waals surface area contributed by atoms with Gasteiger partial charge in [0.1, 0.15) is 11.8 Å². The van der Waals surface area contributed by atoms with E-state index in [2.05, 4.69) is 46.0 Å². The molecular weight excluding hydrogens is 498 g/mol. The van der Waals surface area contributed by atoms with Crippen LogP contribution in [0.5, 0.6) is 0 Å². The highest BCUT2D eigenvalue weighted by Gasteiger charge is 2.59. The van der Waals surface area contributed by atoms with E-state index in [0.29, 0.717) is 11.8 Å². The Balaban J connectivity index is 1.32. The van der Waals surface area contributed by atoms with Crippen molar-refractivity contribution in [3.63, 3.8) is 0 Å². The molecule has 4 rings (SSSR count). The SMILES string of the molecule is CCC(N)(N)C(=O)NCCC(=O)OC1CC[C@@]2(C)C(=CCC3C2CC[C@@]2(C)C3CC[C@@H]2[C@H](C)CCCC(C)C)C1. The van der Waals surface area contributed by atoms with Crippen LogP contribution in [0.25, 0.3) is 0 Å². The van der Waals surface area contributed by atoms with E-state index in [1.54, 1.807) is 6.92 Å². The second kappa shape index (κ2) is 12.5. The zero-order valence-electron chi connectivity index (χ0n) is 26.4. The van der Waals surface area contributed by atoms with E-state index in [-0.39, 0.29) is 30.5 Å². The Hall–Kier alpha value is -1.40. The molecule has 0 radical (unpaired) electrons. The summed E-state index contributed by atoms with van der Waals surface area (Å²) in [5, 5.41) is 2.67. The average molecular weight is 558 g/mol. The first-order valence-electron chi connectivity index (χ1n) is 16.6. The van der Waals surface area contributed by atoms with Gasteiger partial charge in [-0.25, -0.2) is 0 Å². The van der Waals surface area contributed by atoms with Crippen molar-refractivity contribution >= 4 is 11.9 Å². The van der Waals surface area contributed by atoms with Crippen LogP contribution in [0, 0.1) is 46.3 Å². The molecule has 0 aromatic carbocycles. The van der Waals surface area contributed by atoms with Crippen LogP contribution >= 0.6 is 0 Å². The van der Waals surface area contributed by atoms with E-state index in [1.807, 2.05) is 0 Å². The van der Waals surface area contributed by atoms with Gasteiger partial charge in [-0.1, -0.05) is 72.5 Å². The summed E-state index contributed by atoms with van der Waals surface area (Å²) in [4.78, 5) is 24.6. The van der Waals surface area contributed by atoms with Crippen molar-refractivity contribution in [3.8, 4) is 0 Å². The van der Waals surface area contributed by atoms with Crippen molar-refractivity contribution < 1.29 is 14.3 Å². The summed E-state index contributed by atoms with van der Waals surface area (Å²) in [6.07, 6.45) is 16.8. The van der Waals surface area contributed by atoms with Gasteiger partial charge in [-0.05, 0) is 97.7 Å². The molecular formula is C34H59N3O3. The number of amides is 1. The van der Waals surface area contributed by atoms with Crippen molar-refractivity contribution in [3.05, 3.63) is 11.6 Å². The van der Waals surface area contributed by atoms with Gasteiger partial charge in [-0.2, -0.15) is 0 Å². The van der Waals surface area contributed by atoms with E-state index in [9.17, 15) is 9.59 Å². The predicted molar refractivity (Wildman–Crippen MR) is 162 cm³/mol. The normalized spacial score (nSPS) is 36.2. The molecule has 4 unspecified atom stereocenters. The van der Waals surface area contributed by atoms with Gasteiger partial charge in [0.2, 0.25) is 0 Å². The van der Waals surface area contributed by atoms with Gasteiger partial charge in [-0.3, -0.25) is 9.59 Å². The third kappa shape index (κ3) is 6.33. The number of allylic oxidation sites excluding steroid dienone is 1. The lowest BCUT2D eigenvalue weighted by molar-refractivity contribution is -0.151. The number of hydrogen-bond donors (Lipinski definition) is 3. The molecule has 5 N–H and O–H groups in total. The van der Waals surface area contributed by atoms with Crippen molar-refractivity contribution in [2.24, 2.45) is 57.8 Å². The highest BCUT2D eigenvalue weighted by atomic mass is 16.5. The van der Waals surface area contributed by atoms with E-state index >= 15 is 0 Å². The van der Waals surface area contributed by atoms with Gasteiger partial charge in [0.05, 0.1) is 6.42 Å². The van der Waals surface area contributed by atoms with Gasteiger partial charge in [0.15, 0.2) is 0 Å². The van der Waals surface area contributed by atoms with Crippen LogP contribution in [0.4, 0.5) is 0 Å². The molecule has 0 heterocycles. The summed E-state index contributed by atoms with van der Waals surface area (Å²) in [6, 6.07) is 0. The fraction of sp³-hybridized carbons (Fsp3) is 0.882. The first-order valence-corrected chi connectivity index (χ1v) is 16.6. The molecule has 0 saturated heterocycles. The lowest BCUT2D eigenvalue weighted by Gasteiger charge is -2.58. The zero-order chi connectivity index (χ0) is 29.3. The molecule has 3 saturated carbocycles. The lowest BCUT2D eigenvalue weighted by Crippen LogP contribution is -2.60. The Bertz CT molecular complexity index is 945. The summed E-state index contributed by atoms with van der Waals surface area (Å²) in [5.74, 6) is 4.28.